The van der Waals surface area contributed by atoms with Crippen LogP contribution in [-0.4, -0.2) is 62.9 Å². The molecule has 2 N–H and O–H groups in total. The Morgan fingerprint density at radius 1 is 0.661 bits per heavy atom. The van der Waals surface area contributed by atoms with Crippen molar-refractivity contribution in [3.63, 3.8) is 0 Å². The molecule has 0 fully saturated rings. The first-order valence-corrected chi connectivity index (χ1v) is 17.9. The summed E-state index contributed by atoms with van der Waals surface area (Å²) in [7, 11) is 0. The molecule has 0 aliphatic heterocycles. The van der Waals surface area contributed by atoms with Crippen LogP contribution >= 0.6 is 11.6 Å². The molecule has 16 heteroatoms. The number of rotatable bonds is 6. The molecule has 0 radical (unpaired) electrons. The maximum absolute atomic E-state index is 12.1. The fourth-order valence-corrected chi connectivity index (χ4v) is 5.28. The SMILES string of the molecule is CC(C)(C)OC(=O)n1cc(-c2ccc(Nc3nc(Cl)nc4ccoc34)cc2)cn1.Cc1ncc(C)c(Nc2ccc(-c3cnn(C(=O)OC(C)(C)C)c3)cc2)n1. The van der Waals surface area contributed by atoms with Crippen molar-refractivity contribution in [1.29, 1.82) is 0 Å². The third-order valence-electron chi connectivity index (χ3n) is 7.66. The summed E-state index contributed by atoms with van der Waals surface area (Å²) < 4.78 is 18.5. The van der Waals surface area contributed by atoms with E-state index >= 15 is 0 Å². The van der Waals surface area contributed by atoms with Gasteiger partial charge in [-0.3, -0.25) is 0 Å². The maximum atomic E-state index is 12.1. The van der Waals surface area contributed by atoms with Gasteiger partial charge in [0.25, 0.3) is 0 Å². The first kappa shape index (κ1) is 39.1. The van der Waals surface area contributed by atoms with Crippen molar-refractivity contribution in [2.45, 2.75) is 66.6 Å². The minimum atomic E-state index is -0.584. The molecule has 15 nitrogen and oxygen atoms in total. The number of nitrogens with one attached hydrogen (secondary N) is 2. The van der Waals surface area contributed by atoms with Gasteiger partial charge in [0.2, 0.25) is 5.28 Å². The highest BCUT2D eigenvalue weighted by Gasteiger charge is 2.20. The average Bonchev–Trinajstić information content (AvgIpc) is 3.91. The molecule has 0 atom stereocenters. The van der Waals surface area contributed by atoms with Crippen LogP contribution in [-0.2, 0) is 9.47 Å². The predicted molar refractivity (Wildman–Crippen MR) is 213 cm³/mol. The number of aromatic nitrogens is 8. The van der Waals surface area contributed by atoms with Crippen molar-refractivity contribution in [1.82, 2.24) is 39.5 Å². The van der Waals surface area contributed by atoms with E-state index in [9.17, 15) is 9.59 Å². The molecule has 7 aromatic rings. The Bertz CT molecular complexity index is 2480. The molecule has 0 aliphatic carbocycles. The number of hydrogen-bond acceptors (Lipinski definition) is 13. The Balaban J connectivity index is 0.000000190. The Labute approximate surface area is 328 Å². The highest BCUT2D eigenvalue weighted by Crippen LogP contribution is 2.28. The monoisotopic (exact) mass is 776 g/mol. The number of aryl methyl sites for hydroxylation is 2. The fraction of sp³-hybridized carbons (Fsp3) is 0.250. The maximum Gasteiger partial charge on any atom is 0.435 e. The summed E-state index contributed by atoms with van der Waals surface area (Å²) in [5, 5.41) is 14.8. The molecular formula is C40H41ClN10O5. The molecule has 0 saturated carbocycles. The van der Waals surface area contributed by atoms with E-state index in [4.69, 9.17) is 25.5 Å². The summed E-state index contributed by atoms with van der Waals surface area (Å²) in [6.45, 7) is 14.7. The number of hydrogen-bond donors (Lipinski definition) is 2. The second-order valence-electron chi connectivity index (χ2n) is 14.6. The average molecular weight is 777 g/mol. The summed E-state index contributed by atoms with van der Waals surface area (Å²) in [5.74, 6) is 1.98. The highest BCUT2D eigenvalue weighted by molar-refractivity contribution is 6.28. The predicted octanol–water partition coefficient (Wildman–Crippen LogP) is 9.75. The third-order valence-corrected chi connectivity index (χ3v) is 7.83. The lowest BCUT2D eigenvalue weighted by molar-refractivity contribution is 0.0503. The summed E-state index contributed by atoms with van der Waals surface area (Å²) >= 11 is 5.97. The van der Waals surface area contributed by atoms with Crippen molar-refractivity contribution in [3.05, 3.63) is 109 Å². The van der Waals surface area contributed by atoms with Crippen LogP contribution in [0, 0.1) is 13.8 Å². The van der Waals surface area contributed by atoms with Crippen molar-refractivity contribution >= 4 is 57.9 Å². The molecular weight excluding hydrogens is 736 g/mol. The van der Waals surface area contributed by atoms with Crippen LogP contribution in [0.15, 0.2) is 96.3 Å². The Kier molecular flexibility index (Phi) is 11.2. The minimum Gasteiger partial charge on any atom is -0.459 e. The third kappa shape index (κ3) is 10.1. The second-order valence-corrected chi connectivity index (χ2v) is 15.0. The van der Waals surface area contributed by atoms with Crippen LogP contribution in [0.25, 0.3) is 33.4 Å². The lowest BCUT2D eigenvalue weighted by atomic mass is 10.1. The quantitative estimate of drug-likeness (QED) is 0.153. The summed E-state index contributed by atoms with van der Waals surface area (Å²) in [5.41, 5.74) is 6.16. The Morgan fingerprint density at radius 2 is 1.16 bits per heavy atom. The first-order valence-electron chi connectivity index (χ1n) is 17.5. The zero-order valence-electron chi connectivity index (χ0n) is 32.2. The standard InChI is InChI=1S/C20H18ClN5O3.C20H23N5O2/c1-20(2,3)29-19(27)26-11-13(10-22-26)12-4-6-14(7-5-12)23-17-16-15(8-9-28-16)24-18(21)25-17;1-13-10-21-14(2)23-18(13)24-17-8-6-15(7-9-17)16-11-22-25(12-16)19(26)27-20(3,4)5/h4-11H,1-3H3,(H,23,24,25);6-12H,1-5H3,(H,21,23,24). The van der Waals surface area contributed by atoms with Crippen molar-refractivity contribution in [2.24, 2.45) is 0 Å². The number of ether oxygens (including phenoxy) is 2. The number of nitrogens with zero attached hydrogens (tertiary/aromatic N) is 8. The molecule has 7 rings (SSSR count). The van der Waals surface area contributed by atoms with Gasteiger partial charge in [0.1, 0.15) is 28.4 Å². The van der Waals surface area contributed by atoms with Gasteiger partial charge in [-0.25, -0.2) is 24.5 Å². The number of fused-ring (bicyclic) bond motifs is 1. The Hall–Kier alpha value is -6.61. The molecule has 0 bridgehead atoms. The molecule has 5 heterocycles. The van der Waals surface area contributed by atoms with E-state index in [1.165, 1.54) is 15.6 Å². The minimum absolute atomic E-state index is 0.132. The zero-order valence-corrected chi connectivity index (χ0v) is 32.9. The zero-order chi connectivity index (χ0) is 40.2. The van der Waals surface area contributed by atoms with Crippen molar-refractivity contribution < 1.29 is 23.5 Å². The molecule has 0 amide bonds. The molecule has 0 aliphatic rings. The molecule has 0 unspecified atom stereocenters. The van der Waals surface area contributed by atoms with Gasteiger partial charge < -0.3 is 24.5 Å². The number of carbonyl (C=O) groups is 2. The smallest absolute Gasteiger partial charge is 0.435 e. The van der Waals surface area contributed by atoms with Gasteiger partial charge in [-0.2, -0.15) is 24.5 Å². The van der Waals surface area contributed by atoms with E-state index in [0.717, 1.165) is 45.0 Å². The van der Waals surface area contributed by atoms with Crippen LogP contribution < -0.4 is 10.6 Å². The lowest BCUT2D eigenvalue weighted by Gasteiger charge is -2.18. The van der Waals surface area contributed by atoms with Crippen LogP contribution in [0.3, 0.4) is 0 Å². The van der Waals surface area contributed by atoms with E-state index in [1.54, 1.807) is 37.1 Å². The van der Waals surface area contributed by atoms with E-state index in [0.29, 0.717) is 22.7 Å². The molecule has 0 saturated heterocycles. The van der Waals surface area contributed by atoms with Gasteiger partial charge in [-0.05, 0) is 102 Å². The summed E-state index contributed by atoms with van der Waals surface area (Å²) in [6.07, 6.45) is 8.86. The summed E-state index contributed by atoms with van der Waals surface area (Å²) in [4.78, 5) is 41.1. The molecule has 2 aromatic carbocycles. The largest absolute Gasteiger partial charge is 0.459 e. The van der Waals surface area contributed by atoms with Crippen LogP contribution in [0.1, 0.15) is 52.9 Å². The number of halogens is 1. The van der Waals surface area contributed by atoms with Crippen LogP contribution in [0.4, 0.5) is 32.6 Å². The van der Waals surface area contributed by atoms with Gasteiger partial charge in [-0.1, -0.05) is 24.3 Å². The van der Waals surface area contributed by atoms with Gasteiger partial charge >= 0.3 is 12.2 Å². The number of carbonyl (C=O) groups excluding carboxylic acids is 2. The van der Waals surface area contributed by atoms with Gasteiger partial charge in [0.05, 0.1) is 18.7 Å². The van der Waals surface area contributed by atoms with Gasteiger partial charge in [0, 0.05) is 52.7 Å². The molecule has 5 aromatic heterocycles. The topological polar surface area (TPSA) is 177 Å². The van der Waals surface area contributed by atoms with E-state index in [2.05, 4.69) is 40.8 Å². The van der Waals surface area contributed by atoms with E-state index < -0.39 is 23.4 Å². The lowest BCUT2D eigenvalue weighted by Crippen LogP contribution is -2.27. The fourth-order valence-electron chi connectivity index (χ4n) is 5.10. The highest BCUT2D eigenvalue weighted by atomic mass is 35.5. The molecule has 0 spiro atoms. The normalized spacial score (nSPS) is 11.4. The van der Waals surface area contributed by atoms with Crippen molar-refractivity contribution in [3.8, 4) is 22.3 Å². The van der Waals surface area contributed by atoms with Gasteiger partial charge in [0.15, 0.2) is 11.4 Å². The Morgan fingerprint density at radius 3 is 1.66 bits per heavy atom. The summed E-state index contributed by atoms with van der Waals surface area (Å²) in [6, 6.07) is 17.1. The molecule has 56 heavy (non-hydrogen) atoms. The van der Waals surface area contributed by atoms with Crippen LogP contribution in [0.2, 0.25) is 5.28 Å². The van der Waals surface area contributed by atoms with Gasteiger partial charge in [-0.15, -0.1) is 0 Å². The number of benzene rings is 2. The van der Waals surface area contributed by atoms with Crippen LogP contribution in [0.5, 0.6) is 0 Å². The van der Waals surface area contributed by atoms with Crippen molar-refractivity contribution in [2.75, 3.05) is 10.6 Å². The number of anilines is 4. The first-order chi connectivity index (χ1) is 26.5. The van der Waals surface area contributed by atoms with E-state index in [-0.39, 0.29) is 5.28 Å². The second kappa shape index (κ2) is 16.0. The van der Waals surface area contributed by atoms with E-state index in [1.807, 2.05) is 104 Å². The number of furan rings is 1. The molecule has 288 valence electrons.